The minimum Gasteiger partial charge on any atom is -0.481 e. The van der Waals surface area contributed by atoms with Gasteiger partial charge in [0.15, 0.2) is 18.2 Å². The number of rotatable bonds is 7. The van der Waals surface area contributed by atoms with Crippen molar-refractivity contribution in [2.45, 2.75) is 12.7 Å². The average molecular weight is 436 g/mol. The molecule has 0 unspecified atom stereocenters. The summed E-state index contributed by atoms with van der Waals surface area (Å²) in [5.74, 6) is -1.85. The van der Waals surface area contributed by atoms with Crippen LogP contribution in [0, 0.1) is 5.82 Å². The van der Waals surface area contributed by atoms with Gasteiger partial charge in [0.2, 0.25) is 5.91 Å². The van der Waals surface area contributed by atoms with E-state index in [4.69, 9.17) is 4.74 Å². The van der Waals surface area contributed by atoms with E-state index in [1.54, 1.807) is 6.07 Å². The first-order valence-electron chi connectivity index (χ1n) is 8.87. The first-order valence-corrected chi connectivity index (χ1v) is 8.87. The third-order valence-corrected chi connectivity index (χ3v) is 3.89. The number of anilines is 2. The SMILES string of the molecule is O=C(COc1ccccc1F)Nc1cnn(CC(=O)Nc2cccc(C(F)(F)F)c2)c1. The normalized spacial score (nSPS) is 11.1. The zero-order valence-electron chi connectivity index (χ0n) is 15.8. The fourth-order valence-electron chi connectivity index (χ4n) is 2.54. The van der Waals surface area contributed by atoms with Crippen LogP contribution < -0.4 is 15.4 Å². The van der Waals surface area contributed by atoms with Gasteiger partial charge in [0, 0.05) is 11.9 Å². The minimum atomic E-state index is -4.52. The van der Waals surface area contributed by atoms with E-state index in [1.165, 1.54) is 47.4 Å². The van der Waals surface area contributed by atoms with Crippen LogP contribution in [0.25, 0.3) is 0 Å². The van der Waals surface area contributed by atoms with Crippen LogP contribution in [0.2, 0.25) is 0 Å². The predicted octanol–water partition coefficient (Wildman–Crippen LogP) is 3.70. The van der Waals surface area contributed by atoms with E-state index < -0.39 is 36.0 Å². The largest absolute Gasteiger partial charge is 0.481 e. The number of halogens is 4. The molecule has 0 saturated heterocycles. The van der Waals surface area contributed by atoms with Gasteiger partial charge in [-0.2, -0.15) is 18.3 Å². The van der Waals surface area contributed by atoms with Crippen molar-refractivity contribution in [3.05, 3.63) is 72.3 Å². The lowest BCUT2D eigenvalue weighted by molar-refractivity contribution is -0.137. The van der Waals surface area contributed by atoms with E-state index in [2.05, 4.69) is 15.7 Å². The van der Waals surface area contributed by atoms with Gasteiger partial charge in [-0.15, -0.1) is 0 Å². The van der Waals surface area contributed by atoms with Crippen molar-refractivity contribution in [3.8, 4) is 5.75 Å². The Balaban J connectivity index is 1.51. The van der Waals surface area contributed by atoms with Crippen LogP contribution >= 0.6 is 0 Å². The summed E-state index contributed by atoms with van der Waals surface area (Å²) in [7, 11) is 0. The van der Waals surface area contributed by atoms with E-state index in [0.29, 0.717) is 0 Å². The third kappa shape index (κ3) is 6.29. The molecule has 31 heavy (non-hydrogen) atoms. The van der Waals surface area contributed by atoms with Gasteiger partial charge in [0.05, 0.1) is 17.4 Å². The molecule has 162 valence electrons. The fraction of sp³-hybridized carbons (Fsp3) is 0.150. The Bertz CT molecular complexity index is 1080. The molecular formula is C20H16F4N4O3. The van der Waals surface area contributed by atoms with Crippen molar-refractivity contribution < 1.29 is 31.9 Å². The second kappa shape index (κ2) is 9.28. The molecule has 0 aliphatic heterocycles. The van der Waals surface area contributed by atoms with Crippen molar-refractivity contribution in [3.63, 3.8) is 0 Å². The Morgan fingerprint density at radius 3 is 2.48 bits per heavy atom. The maximum Gasteiger partial charge on any atom is 0.416 e. The molecule has 7 nitrogen and oxygen atoms in total. The molecule has 11 heteroatoms. The standard InChI is InChI=1S/C20H16F4N4O3/c21-16-6-1-2-7-17(16)31-12-19(30)27-15-9-25-28(10-15)11-18(29)26-14-5-3-4-13(8-14)20(22,23)24/h1-10H,11-12H2,(H,26,29)(H,27,30). The molecule has 0 spiro atoms. The number of hydrogen-bond acceptors (Lipinski definition) is 4. The topological polar surface area (TPSA) is 85.2 Å². The molecule has 1 aromatic heterocycles. The summed E-state index contributed by atoms with van der Waals surface area (Å²) >= 11 is 0. The summed E-state index contributed by atoms with van der Waals surface area (Å²) < 4.78 is 58.0. The highest BCUT2D eigenvalue weighted by molar-refractivity contribution is 5.92. The van der Waals surface area contributed by atoms with Gasteiger partial charge in [-0.3, -0.25) is 14.3 Å². The van der Waals surface area contributed by atoms with Crippen molar-refractivity contribution >= 4 is 23.2 Å². The molecule has 0 bridgehead atoms. The molecule has 0 fully saturated rings. The number of hydrogen-bond donors (Lipinski definition) is 2. The van der Waals surface area contributed by atoms with Crippen LogP contribution in [0.5, 0.6) is 5.75 Å². The summed E-state index contributed by atoms with van der Waals surface area (Å²) in [5, 5.41) is 8.73. The summed E-state index contributed by atoms with van der Waals surface area (Å²) in [5.41, 5.74) is -0.633. The molecule has 2 amide bonds. The van der Waals surface area contributed by atoms with Crippen LogP contribution in [0.15, 0.2) is 60.9 Å². The fourth-order valence-corrected chi connectivity index (χ4v) is 2.54. The van der Waals surface area contributed by atoms with Crippen molar-refractivity contribution in [2.75, 3.05) is 17.2 Å². The highest BCUT2D eigenvalue weighted by Crippen LogP contribution is 2.30. The molecule has 1 heterocycles. The molecule has 2 aromatic carbocycles. The molecule has 0 atom stereocenters. The lowest BCUT2D eigenvalue weighted by Gasteiger charge is -2.10. The minimum absolute atomic E-state index is 0.00852. The molecule has 3 aromatic rings. The highest BCUT2D eigenvalue weighted by Gasteiger charge is 2.30. The summed E-state index contributed by atoms with van der Waals surface area (Å²) in [4.78, 5) is 24.0. The number of para-hydroxylation sites is 1. The van der Waals surface area contributed by atoms with Gasteiger partial charge in [-0.1, -0.05) is 18.2 Å². The molecule has 0 aliphatic rings. The van der Waals surface area contributed by atoms with E-state index in [1.807, 2.05) is 0 Å². The van der Waals surface area contributed by atoms with Gasteiger partial charge in [-0.25, -0.2) is 4.39 Å². The molecule has 0 aliphatic carbocycles. The van der Waals surface area contributed by atoms with Crippen LogP contribution in [-0.4, -0.2) is 28.2 Å². The van der Waals surface area contributed by atoms with Crippen LogP contribution in [0.4, 0.5) is 28.9 Å². The summed E-state index contributed by atoms with van der Waals surface area (Å²) in [6.45, 7) is -0.736. The number of aromatic nitrogens is 2. The Morgan fingerprint density at radius 1 is 1.00 bits per heavy atom. The Labute approximate surface area is 173 Å². The van der Waals surface area contributed by atoms with E-state index in [0.717, 1.165) is 12.1 Å². The molecule has 2 N–H and O–H groups in total. The van der Waals surface area contributed by atoms with Crippen LogP contribution in [0.3, 0.4) is 0 Å². The summed E-state index contributed by atoms with van der Waals surface area (Å²) in [6.07, 6.45) is -1.89. The summed E-state index contributed by atoms with van der Waals surface area (Å²) in [6, 6.07) is 9.85. The molecule has 0 radical (unpaired) electrons. The predicted molar refractivity (Wildman–Crippen MR) is 103 cm³/mol. The molecule has 3 rings (SSSR count). The number of carbonyl (C=O) groups excluding carboxylic acids is 2. The maximum absolute atomic E-state index is 13.5. The van der Waals surface area contributed by atoms with Gasteiger partial charge in [0.25, 0.3) is 5.91 Å². The smallest absolute Gasteiger partial charge is 0.416 e. The van der Waals surface area contributed by atoms with Crippen LogP contribution in [-0.2, 0) is 22.3 Å². The number of amides is 2. The van der Waals surface area contributed by atoms with Crippen molar-refractivity contribution in [1.82, 2.24) is 9.78 Å². The van der Waals surface area contributed by atoms with Crippen molar-refractivity contribution in [1.29, 1.82) is 0 Å². The zero-order valence-corrected chi connectivity index (χ0v) is 15.8. The number of alkyl halides is 3. The van der Waals surface area contributed by atoms with Crippen LogP contribution in [0.1, 0.15) is 5.56 Å². The third-order valence-electron chi connectivity index (χ3n) is 3.89. The van der Waals surface area contributed by atoms with Gasteiger partial charge < -0.3 is 15.4 Å². The Kier molecular flexibility index (Phi) is 6.53. The maximum atomic E-state index is 13.5. The first kappa shape index (κ1) is 21.8. The number of nitrogens with one attached hydrogen (secondary N) is 2. The lowest BCUT2D eigenvalue weighted by atomic mass is 10.2. The second-order valence-electron chi connectivity index (χ2n) is 6.32. The average Bonchev–Trinajstić information content (AvgIpc) is 3.13. The Hall–Kier alpha value is -3.89. The van der Waals surface area contributed by atoms with E-state index >= 15 is 0 Å². The lowest BCUT2D eigenvalue weighted by Crippen LogP contribution is -2.20. The second-order valence-corrected chi connectivity index (χ2v) is 6.32. The molecular weight excluding hydrogens is 420 g/mol. The molecule has 0 saturated carbocycles. The van der Waals surface area contributed by atoms with E-state index in [9.17, 15) is 27.2 Å². The quantitative estimate of drug-likeness (QED) is 0.554. The first-order chi connectivity index (χ1) is 14.7. The van der Waals surface area contributed by atoms with Crippen molar-refractivity contribution in [2.24, 2.45) is 0 Å². The monoisotopic (exact) mass is 436 g/mol. The van der Waals surface area contributed by atoms with Gasteiger partial charge in [-0.05, 0) is 30.3 Å². The number of ether oxygens (including phenoxy) is 1. The van der Waals surface area contributed by atoms with Gasteiger partial charge in [0.1, 0.15) is 6.54 Å². The van der Waals surface area contributed by atoms with Gasteiger partial charge >= 0.3 is 6.18 Å². The zero-order chi connectivity index (χ0) is 22.4. The van der Waals surface area contributed by atoms with E-state index in [-0.39, 0.29) is 23.7 Å². The number of carbonyl (C=O) groups is 2. The number of nitrogens with zero attached hydrogens (tertiary/aromatic N) is 2. The number of benzene rings is 2. The Morgan fingerprint density at radius 2 is 1.74 bits per heavy atom. The highest BCUT2D eigenvalue weighted by atomic mass is 19.4.